The predicted octanol–water partition coefficient (Wildman–Crippen LogP) is 3.72. The van der Waals surface area contributed by atoms with E-state index in [-0.39, 0.29) is 16.9 Å². The average Bonchev–Trinajstić information content (AvgIpc) is 2.34. The Kier molecular flexibility index (Phi) is 3.46. The van der Waals surface area contributed by atoms with Crippen LogP contribution in [0, 0.1) is 18.6 Å². The fraction of sp³-hybridized carbons (Fsp3) is 0.0714. The summed E-state index contributed by atoms with van der Waals surface area (Å²) in [7, 11) is 0. The highest BCUT2D eigenvalue weighted by Crippen LogP contribution is 2.24. The van der Waals surface area contributed by atoms with Gasteiger partial charge in [-0.25, -0.2) is 13.6 Å². The number of benzene rings is 2. The van der Waals surface area contributed by atoms with Crippen LogP contribution in [-0.2, 0) is 0 Å². The minimum Gasteiger partial charge on any atom is -0.478 e. The Morgan fingerprint density at radius 1 is 1.11 bits per heavy atom. The first-order chi connectivity index (χ1) is 8.97. The van der Waals surface area contributed by atoms with Gasteiger partial charge in [0.05, 0.1) is 16.9 Å². The molecular formula is C14H11F2NO2. The van der Waals surface area contributed by atoms with Crippen LogP contribution in [0.4, 0.5) is 20.2 Å². The lowest BCUT2D eigenvalue weighted by molar-refractivity contribution is 0.0698. The van der Waals surface area contributed by atoms with E-state index < -0.39 is 17.6 Å². The van der Waals surface area contributed by atoms with Gasteiger partial charge in [0.25, 0.3) is 0 Å². The van der Waals surface area contributed by atoms with Crippen LogP contribution in [0.3, 0.4) is 0 Å². The van der Waals surface area contributed by atoms with E-state index in [0.717, 1.165) is 17.7 Å². The van der Waals surface area contributed by atoms with Crippen LogP contribution in [0.1, 0.15) is 15.9 Å². The molecule has 0 atom stereocenters. The summed E-state index contributed by atoms with van der Waals surface area (Å²) in [5.74, 6) is -2.59. The molecule has 19 heavy (non-hydrogen) atoms. The van der Waals surface area contributed by atoms with Crippen molar-refractivity contribution in [3.63, 3.8) is 0 Å². The monoisotopic (exact) mass is 263 g/mol. The maximum Gasteiger partial charge on any atom is 0.337 e. The van der Waals surface area contributed by atoms with Gasteiger partial charge >= 0.3 is 5.97 Å². The molecule has 3 nitrogen and oxygen atoms in total. The summed E-state index contributed by atoms with van der Waals surface area (Å²) in [6.07, 6.45) is 0. The van der Waals surface area contributed by atoms with Gasteiger partial charge in [-0.1, -0.05) is 11.6 Å². The normalized spacial score (nSPS) is 10.3. The van der Waals surface area contributed by atoms with Gasteiger partial charge in [-0.2, -0.15) is 0 Å². The van der Waals surface area contributed by atoms with E-state index >= 15 is 0 Å². The number of carbonyl (C=O) groups is 1. The molecule has 0 aliphatic carbocycles. The quantitative estimate of drug-likeness (QED) is 0.887. The molecule has 0 aliphatic rings. The molecule has 0 unspecified atom stereocenters. The zero-order valence-electron chi connectivity index (χ0n) is 10.1. The van der Waals surface area contributed by atoms with E-state index in [1.165, 1.54) is 12.1 Å². The molecule has 2 aromatic rings. The third kappa shape index (κ3) is 2.88. The summed E-state index contributed by atoms with van der Waals surface area (Å²) in [6, 6.07) is 7.77. The van der Waals surface area contributed by atoms with E-state index in [1.54, 1.807) is 19.1 Å². The van der Waals surface area contributed by atoms with Gasteiger partial charge in [0.15, 0.2) is 0 Å². The van der Waals surface area contributed by atoms with Crippen LogP contribution in [-0.4, -0.2) is 11.1 Å². The van der Waals surface area contributed by atoms with Crippen molar-refractivity contribution < 1.29 is 18.7 Å². The first kappa shape index (κ1) is 13.0. The molecule has 0 amide bonds. The molecule has 2 N–H and O–H groups in total. The Morgan fingerprint density at radius 3 is 2.42 bits per heavy atom. The molecule has 0 saturated carbocycles. The molecular weight excluding hydrogens is 252 g/mol. The number of anilines is 2. The molecule has 5 heteroatoms. The minimum atomic E-state index is -1.12. The maximum atomic E-state index is 13.5. The number of aromatic carboxylic acids is 1. The number of hydrogen-bond donors (Lipinski definition) is 2. The number of halogens is 2. The highest BCUT2D eigenvalue weighted by Gasteiger charge is 2.12. The van der Waals surface area contributed by atoms with Crippen molar-refractivity contribution in [1.29, 1.82) is 0 Å². The molecule has 98 valence electrons. The second kappa shape index (κ2) is 5.06. The van der Waals surface area contributed by atoms with Crippen molar-refractivity contribution in [2.75, 3.05) is 5.32 Å². The Balaban J connectivity index is 2.40. The molecule has 0 bridgehead atoms. The Labute approximate surface area is 108 Å². The molecule has 0 saturated heterocycles. The van der Waals surface area contributed by atoms with Crippen LogP contribution in [0.5, 0.6) is 0 Å². The maximum absolute atomic E-state index is 13.5. The molecule has 0 aliphatic heterocycles. The van der Waals surface area contributed by atoms with E-state index in [9.17, 15) is 13.6 Å². The van der Waals surface area contributed by atoms with Crippen LogP contribution < -0.4 is 5.32 Å². The Morgan fingerprint density at radius 2 is 1.79 bits per heavy atom. The highest BCUT2D eigenvalue weighted by atomic mass is 19.1. The summed E-state index contributed by atoms with van der Waals surface area (Å²) in [5.41, 5.74) is 1.09. The second-order valence-electron chi connectivity index (χ2n) is 4.10. The van der Waals surface area contributed by atoms with Crippen LogP contribution in [0.2, 0.25) is 0 Å². The molecule has 2 rings (SSSR count). The largest absolute Gasteiger partial charge is 0.478 e. The van der Waals surface area contributed by atoms with Gasteiger partial charge in [0, 0.05) is 6.07 Å². The first-order valence-corrected chi connectivity index (χ1v) is 5.53. The molecule has 0 radical (unpaired) electrons. The SMILES string of the molecule is Cc1ccc(Nc2ccc(F)cc2F)c(C(=O)O)c1. The van der Waals surface area contributed by atoms with E-state index in [0.29, 0.717) is 0 Å². The zero-order valence-corrected chi connectivity index (χ0v) is 10.1. The average molecular weight is 263 g/mol. The molecule has 0 heterocycles. The zero-order chi connectivity index (χ0) is 14.0. The third-order valence-electron chi connectivity index (χ3n) is 2.61. The van der Waals surface area contributed by atoms with Gasteiger partial charge < -0.3 is 10.4 Å². The second-order valence-corrected chi connectivity index (χ2v) is 4.10. The van der Waals surface area contributed by atoms with Crippen molar-refractivity contribution in [1.82, 2.24) is 0 Å². The Bertz CT molecular complexity index is 641. The Hall–Kier alpha value is -2.43. The number of nitrogens with one attached hydrogen (secondary N) is 1. The van der Waals surface area contributed by atoms with Crippen molar-refractivity contribution in [3.8, 4) is 0 Å². The number of aryl methyl sites for hydroxylation is 1. The van der Waals surface area contributed by atoms with Gasteiger partial charge in [0.1, 0.15) is 11.6 Å². The standard InChI is InChI=1S/C14H11F2NO2/c1-8-2-4-12(10(6-8)14(18)19)17-13-5-3-9(15)7-11(13)16/h2-7,17H,1H3,(H,18,19). The van der Waals surface area contributed by atoms with Gasteiger partial charge in [0.2, 0.25) is 0 Å². The van der Waals surface area contributed by atoms with Crippen molar-refractivity contribution in [3.05, 3.63) is 59.2 Å². The number of hydrogen-bond acceptors (Lipinski definition) is 2. The van der Waals surface area contributed by atoms with E-state index in [4.69, 9.17) is 5.11 Å². The van der Waals surface area contributed by atoms with Crippen molar-refractivity contribution in [2.45, 2.75) is 6.92 Å². The molecule has 2 aromatic carbocycles. The molecule has 0 aromatic heterocycles. The summed E-state index contributed by atoms with van der Waals surface area (Å²) in [5, 5.41) is 11.7. The number of carboxylic acids is 1. The van der Waals surface area contributed by atoms with Crippen LogP contribution >= 0.6 is 0 Å². The lowest BCUT2D eigenvalue weighted by atomic mass is 10.1. The van der Waals surface area contributed by atoms with Crippen LogP contribution in [0.25, 0.3) is 0 Å². The summed E-state index contributed by atoms with van der Waals surface area (Å²) in [4.78, 5) is 11.1. The third-order valence-corrected chi connectivity index (χ3v) is 2.61. The van der Waals surface area contributed by atoms with Gasteiger partial charge in [-0.15, -0.1) is 0 Å². The molecule has 0 spiro atoms. The smallest absolute Gasteiger partial charge is 0.337 e. The number of rotatable bonds is 3. The van der Waals surface area contributed by atoms with E-state index in [2.05, 4.69) is 5.32 Å². The fourth-order valence-electron chi connectivity index (χ4n) is 1.68. The summed E-state index contributed by atoms with van der Waals surface area (Å²) >= 11 is 0. The van der Waals surface area contributed by atoms with Crippen LogP contribution in [0.15, 0.2) is 36.4 Å². The van der Waals surface area contributed by atoms with Gasteiger partial charge in [-0.3, -0.25) is 0 Å². The summed E-state index contributed by atoms with van der Waals surface area (Å²) < 4.78 is 26.3. The minimum absolute atomic E-state index is 0.0211. The van der Waals surface area contributed by atoms with Crippen molar-refractivity contribution >= 4 is 17.3 Å². The number of carboxylic acid groups (broad SMARTS) is 1. The van der Waals surface area contributed by atoms with Crippen molar-refractivity contribution in [2.24, 2.45) is 0 Å². The fourth-order valence-corrected chi connectivity index (χ4v) is 1.68. The topological polar surface area (TPSA) is 49.3 Å². The predicted molar refractivity (Wildman–Crippen MR) is 67.8 cm³/mol. The van der Waals surface area contributed by atoms with Gasteiger partial charge in [-0.05, 0) is 31.2 Å². The first-order valence-electron chi connectivity index (χ1n) is 5.53. The molecule has 0 fully saturated rings. The highest BCUT2D eigenvalue weighted by molar-refractivity contribution is 5.95. The summed E-state index contributed by atoms with van der Waals surface area (Å²) in [6.45, 7) is 1.76. The lowest BCUT2D eigenvalue weighted by Gasteiger charge is -2.11. The lowest BCUT2D eigenvalue weighted by Crippen LogP contribution is -2.04. The van der Waals surface area contributed by atoms with E-state index in [1.807, 2.05) is 0 Å².